The molecule has 0 atom stereocenters. The monoisotopic (exact) mass is 380 g/mol. The zero-order valence-electron chi connectivity index (χ0n) is 15.2. The van der Waals surface area contributed by atoms with Gasteiger partial charge < -0.3 is 19.2 Å². The lowest BCUT2D eigenvalue weighted by Gasteiger charge is -2.30. The highest BCUT2D eigenvalue weighted by Crippen LogP contribution is 2.28. The summed E-state index contributed by atoms with van der Waals surface area (Å²) in [6.45, 7) is 1.12. The van der Waals surface area contributed by atoms with Gasteiger partial charge in [0.25, 0.3) is 5.91 Å². The molecule has 0 spiro atoms. The normalized spacial score (nSPS) is 14.8. The van der Waals surface area contributed by atoms with E-state index in [0.717, 1.165) is 18.4 Å². The molecule has 28 heavy (non-hydrogen) atoms. The summed E-state index contributed by atoms with van der Waals surface area (Å²) in [4.78, 5) is 30.4. The van der Waals surface area contributed by atoms with Crippen molar-refractivity contribution >= 4 is 11.8 Å². The van der Waals surface area contributed by atoms with Crippen LogP contribution >= 0.6 is 0 Å². The van der Waals surface area contributed by atoms with Crippen LogP contribution in [0.4, 0.5) is 0 Å². The molecule has 4 rings (SSSR count). The second-order valence-electron chi connectivity index (χ2n) is 6.64. The van der Waals surface area contributed by atoms with Crippen molar-refractivity contribution in [1.82, 2.24) is 20.4 Å². The smallest absolute Gasteiger partial charge is 0.287 e. The largest absolute Gasteiger partial charge is 0.459 e. The van der Waals surface area contributed by atoms with Gasteiger partial charge in [-0.25, -0.2) is 0 Å². The van der Waals surface area contributed by atoms with Gasteiger partial charge in [0.15, 0.2) is 5.76 Å². The zero-order valence-corrected chi connectivity index (χ0v) is 15.2. The van der Waals surface area contributed by atoms with E-state index in [1.54, 1.807) is 17.0 Å². The SMILES string of the molecule is O=C(NCC(=O)N1CCC(c2nc(-c3ccccc3)no2)CC1)c1ccco1. The van der Waals surface area contributed by atoms with Crippen LogP contribution in [0.25, 0.3) is 11.4 Å². The molecule has 1 aliphatic rings. The van der Waals surface area contributed by atoms with Crippen molar-refractivity contribution in [2.45, 2.75) is 18.8 Å². The number of nitrogens with zero attached hydrogens (tertiary/aromatic N) is 3. The van der Waals surface area contributed by atoms with Gasteiger partial charge in [-0.1, -0.05) is 35.5 Å². The number of hydrogen-bond donors (Lipinski definition) is 1. The number of carbonyl (C=O) groups is 2. The van der Waals surface area contributed by atoms with Gasteiger partial charge in [0.1, 0.15) is 0 Å². The van der Waals surface area contributed by atoms with Gasteiger partial charge in [-0.15, -0.1) is 0 Å². The molecule has 0 unspecified atom stereocenters. The topological polar surface area (TPSA) is 101 Å². The van der Waals surface area contributed by atoms with Gasteiger partial charge in [0, 0.05) is 24.6 Å². The number of nitrogens with one attached hydrogen (secondary N) is 1. The predicted octanol–water partition coefficient (Wildman–Crippen LogP) is 2.47. The Morgan fingerprint density at radius 2 is 1.89 bits per heavy atom. The van der Waals surface area contributed by atoms with Crippen LogP contribution in [0.2, 0.25) is 0 Å². The van der Waals surface area contributed by atoms with Crippen molar-refractivity contribution in [1.29, 1.82) is 0 Å². The van der Waals surface area contributed by atoms with Crippen LogP contribution in [-0.4, -0.2) is 46.5 Å². The van der Waals surface area contributed by atoms with Crippen LogP contribution in [0.5, 0.6) is 0 Å². The number of benzene rings is 1. The van der Waals surface area contributed by atoms with Crippen LogP contribution in [0.15, 0.2) is 57.7 Å². The second-order valence-corrected chi connectivity index (χ2v) is 6.64. The van der Waals surface area contributed by atoms with Crippen LogP contribution in [-0.2, 0) is 4.79 Å². The lowest BCUT2D eigenvalue weighted by Crippen LogP contribution is -2.43. The lowest BCUT2D eigenvalue weighted by atomic mass is 9.96. The van der Waals surface area contributed by atoms with Crippen molar-refractivity contribution in [2.75, 3.05) is 19.6 Å². The van der Waals surface area contributed by atoms with Gasteiger partial charge in [0.05, 0.1) is 12.8 Å². The molecule has 1 saturated heterocycles. The molecular weight excluding hydrogens is 360 g/mol. The number of aromatic nitrogens is 2. The Labute approximate surface area is 161 Å². The van der Waals surface area contributed by atoms with E-state index in [9.17, 15) is 9.59 Å². The first-order valence-electron chi connectivity index (χ1n) is 9.19. The molecule has 8 heteroatoms. The van der Waals surface area contributed by atoms with E-state index in [1.807, 2.05) is 30.3 Å². The fourth-order valence-corrected chi connectivity index (χ4v) is 3.24. The molecule has 0 saturated carbocycles. The molecule has 0 radical (unpaired) electrons. The maximum atomic E-state index is 12.3. The summed E-state index contributed by atoms with van der Waals surface area (Å²) in [5.41, 5.74) is 0.914. The Morgan fingerprint density at radius 3 is 2.61 bits per heavy atom. The Morgan fingerprint density at radius 1 is 1.11 bits per heavy atom. The molecule has 1 N–H and O–H groups in total. The van der Waals surface area contributed by atoms with Gasteiger partial charge in [0.2, 0.25) is 17.6 Å². The number of amides is 2. The fourth-order valence-electron chi connectivity index (χ4n) is 3.24. The first-order chi connectivity index (χ1) is 13.7. The van der Waals surface area contributed by atoms with E-state index in [-0.39, 0.29) is 24.1 Å². The summed E-state index contributed by atoms with van der Waals surface area (Å²) in [5.74, 6) is 0.997. The van der Waals surface area contributed by atoms with Crippen LogP contribution in [0, 0.1) is 0 Å². The molecule has 1 aliphatic heterocycles. The molecule has 1 aromatic carbocycles. The highest BCUT2D eigenvalue weighted by molar-refractivity contribution is 5.94. The molecule has 0 aliphatic carbocycles. The maximum Gasteiger partial charge on any atom is 0.287 e. The molecule has 1 fully saturated rings. The van der Waals surface area contributed by atoms with Gasteiger partial charge in [-0.05, 0) is 25.0 Å². The quantitative estimate of drug-likeness (QED) is 0.730. The Balaban J connectivity index is 1.28. The fraction of sp³-hybridized carbons (Fsp3) is 0.300. The zero-order chi connectivity index (χ0) is 19.3. The highest BCUT2D eigenvalue weighted by Gasteiger charge is 2.27. The van der Waals surface area contributed by atoms with E-state index >= 15 is 0 Å². The van der Waals surface area contributed by atoms with E-state index in [0.29, 0.717) is 24.8 Å². The minimum atomic E-state index is -0.396. The molecule has 2 amide bonds. The minimum Gasteiger partial charge on any atom is -0.459 e. The average molecular weight is 380 g/mol. The van der Waals surface area contributed by atoms with Crippen LogP contribution in [0.1, 0.15) is 35.2 Å². The summed E-state index contributed by atoms with van der Waals surface area (Å²) in [7, 11) is 0. The summed E-state index contributed by atoms with van der Waals surface area (Å²) >= 11 is 0. The second kappa shape index (κ2) is 8.08. The maximum absolute atomic E-state index is 12.3. The van der Waals surface area contributed by atoms with Crippen molar-refractivity contribution in [3.05, 3.63) is 60.4 Å². The van der Waals surface area contributed by atoms with Crippen molar-refractivity contribution < 1.29 is 18.5 Å². The van der Waals surface area contributed by atoms with E-state index < -0.39 is 5.91 Å². The highest BCUT2D eigenvalue weighted by atomic mass is 16.5. The third kappa shape index (κ3) is 3.95. The first kappa shape index (κ1) is 18.0. The molecule has 2 aromatic heterocycles. The van der Waals surface area contributed by atoms with E-state index in [1.165, 1.54) is 6.26 Å². The number of likely N-dealkylation sites (tertiary alicyclic amines) is 1. The number of piperidine rings is 1. The molecule has 0 bridgehead atoms. The minimum absolute atomic E-state index is 0.0527. The summed E-state index contributed by atoms with van der Waals surface area (Å²) in [6, 6.07) is 12.9. The van der Waals surface area contributed by atoms with Crippen molar-refractivity contribution in [2.24, 2.45) is 0 Å². The summed E-state index contributed by atoms with van der Waals surface area (Å²) in [5, 5.41) is 6.65. The molecular formula is C20H20N4O4. The predicted molar refractivity (Wildman–Crippen MR) is 99.3 cm³/mol. The lowest BCUT2D eigenvalue weighted by molar-refractivity contribution is -0.131. The van der Waals surface area contributed by atoms with Crippen LogP contribution in [0.3, 0.4) is 0 Å². The standard InChI is InChI=1S/C20H20N4O4/c25-17(13-21-19(26)16-7-4-12-27-16)24-10-8-15(9-11-24)20-22-18(23-28-20)14-5-2-1-3-6-14/h1-7,12,15H,8-11,13H2,(H,21,26). The van der Waals surface area contributed by atoms with E-state index in [2.05, 4.69) is 15.5 Å². The summed E-state index contributed by atoms with van der Waals surface area (Å²) in [6.07, 6.45) is 2.91. The Kier molecular flexibility index (Phi) is 5.18. The third-order valence-corrected chi connectivity index (χ3v) is 4.82. The van der Waals surface area contributed by atoms with Crippen LogP contribution < -0.4 is 5.32 Å². The average Bonchev–Trinajstić information content (AvgIpc) is 3.45. The third-order valence-electron chi connectivity index (χ3n) is 4.82. The van der Waals surface area contributed by atoms with Crippen molar-refractivity contribution in [3.8, 4) is 11.4 Å². The molecule has 3 aromatic rings. The number of hydrogen-bond acceptors (Lipinski definition) is 6. The Hall–Kier alpha value is -3.42. The Bertz CT molecular complexity index is 928. The van der Waals surface area contributed by atoms with E-state index in [4.69, 9.17) is 8.94 Å². The van der Waals surface area contributed by atoms with Gasteiger partial charge in [-0.3, -0.25) is 9.59 Å². The number of carbonyl (C=O) groups excluding carboxylic acids is 2. The van der Waals surface area contributed by atoms with Gasteiger partial charge in [-0.2, -0.15) is 4.98 Å². The molecule has 8 nitrogen and oxygen atoms in total. The molecule has 144 valence electrons. The first-order valence-corrected chi connectivity index (χ1v) is 9.19. The van der Waals surface area contributed by atoms with Crippen molar-refractivity contribution in [3.63, 3.8) is 0 Å². The number of rotatable bonds is 5. The summed E-state index contributed by atoms with van der Waals surface area (Å²) < 4.78 is 10.5. The molecule has 3 heterocycles. The number of furan rings is 1. The van der Waals surface area contributed by atoms with Gasteiger partial charge >= 0.3 is 0 Å².